The van der Waals surface area contributed by atoms with E-state index in [4.69, 9.17) is 4.74 Å². The molecule has 2 aromatic carbocycles. The van der Waals surface area contributed by atoms with Gasteiger partial charge in [0, 0.05) is 0 Å². The first-order valence-corrected chi connectivity index (χ1v) is 6.58. The number of hydrogen-bond acceptors (Lipinski definition) is 2. The minimum Gasteiger partial charge on any atom is -0.423 e. The summed E-state index contributed by atoms with van der Waals surface area (Å²) in [6.07, 6.45) is 1.09. The number of carbonyl (C=O) groups excluding carboxylic acids is 1. The Morgan fingerprint density at radius 1 is 1.05 bits per heavy atom. The van der Waals surface area contributed by atoms with Crippen molar-refractivity contribution in [3.63, 3.8) is 0 Å². The molecule has 2 aromatic rings. The van der Waals surface area contributed by atoms with Crippen molar-refractivity contribution < 1.29 is 9.53 Å². The van der Waals surface area contributed by atoms with Crippen LogP contribution in [-0.2, 0) is 0 Å². The number of hydrogen-bond donors (Lipinski definition) is 0. The standard InChI is InChI=1S/C17H18O2/c1-3-13(2)14-9-11-15(12-10-14)17(18)19-16-7-5-4-6-8-16/h4-13H,3H2,1-2H3. The molecule has 0 spiro atoms. The first-order chi connectivity index (χ1) is 9.20. The summed E-state index contributed by atoms with van der Waals surface area (Å²) in [5.41, 5.74) is 1.83. The number of para-hydroxylation sites is 1. The lowest BCUT2D eigenvalue weighted by Gasteiger charge is -2.09. The minimum atomic E-state index is -0.318. The van der Waals surface area contributed by atoms with Crippen LogP contribution >= 0.6 is 0 Å². The maximum Gasteiger partial charge on any atom is 0.343 e. The highest BCUT2D eigenvalue weighted by Gasteiger charge is 2.09. The summed E-state index contributed by atoms with van der Waals surface area (Å²) < 4.78 is 5.29. The van der Waals surface area contributed by atoms with Gasteiger partial charge in [-0.1, -0.05) is 44.2 Å². The van der Waals surface area contributed by atoms with Crippen molar-refractivity contribution >= 4 is 5.97 Å². The van der Waals surface area contributed by atoms with Crippen LogP contribution in [0, 0.1) is 0 Å². The molecule has 2 rings (SSSR count). The lowest BCUT2D eigenvalue weighted by Crippen LogP contribution is -2.08. The number of ether oxygens (including phenoxy) is 1. The molecular formula is C17H18O2. The summed E-state index contributed by atoms with van der Waals surface area (Å²) in [7, 11) is 0. The molecule has 1 atom stereocenters. The molecule has 0 saturated carbocycles. The Kier molecular flexibility index (Phi) is 4.35. The number of carbonyl (C=O) groups is 1. The average molecular weight is 254 g/mol. The Morgan fingerprint density at radius 2 is 1.68 bits per heavy atom. The maximum atomic E-state index is 11.9. The molecule has 19 heavy (non-hydrogen) atoms. The van der Waals surface area contributed by atoms with Crippen molar-refractivity contribution in [2.24, 2.45) is 0 Å². The lowest BCUT2D eigenvalue weighted by molar-refractivity contribution is 0.0735. The highest BCUT2D eigenvalue weighted by molar-refractivity contribution is 5.91. The topological polar surface area (TPSA) is 26.3 Å². The summed E-state index contributed by atoms with van der Waals surface area (Å²) in [6.45, 7) is 4.33. The van der Waals surface area contributed by atoms with Crippen LogP contribution < -0.4 is 4.74 Å². The molecule has 0 aliphatic heterocycles. The van der Waals surface area contributed by atoms with Crippen LogP contribution in [0.3, 0.4) is 0 Å². The third-order valence-electron chi connectivity index (χ3n) is 3.28. The molecule has 98 valence electrons. The van der Waals surface area contributed by atoms with Crippen LogP contribution in [0.15, 0.2) is 54.6 Å². The molecule has 0 aliphatic carbocycles. The Hall–Kier alpha value is -2.09. The van der Waals surface area contributed by atoms with Gasteiger partial charge in [0.1, 0.15) is 5.75 Å². The second-order valence-corrected chi connectivity index (χ2v) is 4.63. The van der Waals surface area contributed by atoms with Crippen molar-refractivity contribution in [3.8, 4) is 5.75 Å². The Balaban J connectivity index is 2.08. The van der Waals surface area contributed by atoms with Gasteiger partial charge in [-0.3, -0.25) is 0 Å². The van der Waals surface area contributed by atoms with Gasteiger partial charge in [0.05, 0.1) is 5.56 Å². The van der Waals surface area contributed by atoms with E-state index < -0.39 is 0 Å². The quantitative estimate of drug-likeness (QED) is 0.596. The molecule has 0 radical (unpaired) electrons. The largest absolute Gasteiger partial charge is 0.423 e. The monoisotopic (exact) mass is 254 g/mol. The molecule has 0 aliphatic rings. The number of esters is 1. The van der Waals surface area contributed by atoms with Crippen molar-refractivity contribution in [2.45, 2.75) is 26.2 Å². The smallest absolute Gasteiger partial charge is 0.343 e. The van der Waals surface area contributed by atoms with Gasteiger partial charge in [-0.05, 0) is 42.2 Å². The van der Waals surface area contributed by atoms with E-state index in [1.807, 2.05) is 42.5 Å². The van der Waals surface area contributed by atoms with Crippen LogP contribution in [0.5, 0.6) is 5.75 Å². The summed E-state index contributed by atoms with van der Waals surface area (Å²) in [6, 6.07) is 16.8. The fourth-order valence-corrected chi connectivity index (χ4v) is 1.84. The summed E-state index contributed by atoms with van der Waals surface area (Å²) >= 11 is 0. The van der Waals surface area contributed by atoms with E-state index in [0.717, 1.165) is 6.42 Å². The van der Waals surface area contributed by atoms with Gasteiger partial charge < -0.3 is 4.74 Å². The van der Waals surface area contributed by atoms with Crippen molar-refractivity contribution in [3.05, 3.63) is 65.7 Å². The van der Waals surface area contributed by atoms with Gasteiger partial charge >= 0.3 is 5.97 Å². The highest BCUT2D eigenvalue weighted by Crippen LogP contribution is 2.19. The second-order valence-electron chi connectivity index (χ2n) is 4.63. The number of rotatable bonds is 4. The Bertz CT molecular complexity index is 529. The zero-order chi connectivity index (χ0) is 13.7. The Morgan fingerprint density at radius 3 is 2.26 bits per heavy atom. The predicted octanol–water partition coefficient (Wildman–Crippen LogP) is 4.42. The van der Waals surface area contributed by atoms with Gasteiger partial charge in [0.25, 0.3) is 0 Å². The highest BCUT2D eigenvalue weighted by atomic mass is 16.5. The van der Waals surface area contributed by atoms with Gasteiger partial charge in [-0.15, -0.1) is 0 Å². The van der Waals surface area contributed by atoms with Crippen LogP contribution in [0.2, 0.25) is 0 Å². The van der Waals surface area contributed by atoms with Gasteiger partial charge in [0.15, 0.2) is 0 Å². The fourth-order valence-electron chi connectivity index (χ4n) is 1.84. The molecule has 0 N–H and O–H groups in total. The third kappa shape index (κ3) is 3.44. The molecule has 0 heterocycles. The van der Waals surface area contributed by atoms with Gasteiger partial charge in [-0.25, -0.2) is 4.79 Å². The van der Waals surface area contributed by atoms with Crippen LogP contribution in [0.1, 0.15) is 42.1 Å². The van der Waals surface area contributed by atoms with Crippen molar-refractivity contribution in [1.29, 1.82) is 0 Å². The van der Waals surface area contributed by atoms with E-state index in [1.165, 1.54) is 5.56 Å². The van der Waals surface area contributed by atoms with Gasteiger partial charge in [-0.2, -0.15) is 0 Å². The van der Waals surface area contributed by atoms with Crippen LogP contribution in [0.25, 0.3) is 0 Å². The van der Waals surface area contributed by atoms with Gasteiger partial charge in [0.2, 0.25) is 0 Å². The molecule has 2 nitrogen and oxygen atoms in total. The molecule has 0 bridgehead atoms. The molecule has 0 saturated heterocycles. The maximum absolute atomic E-state index is 11.9. The fraction of sp³-hybridized carbons (Fsp3) is 0.235. The van der Waals surface area contributed by atoms with Crippen molar-refractivity contribution in [2.75, 3.05) is 0 Å². The minimum absolute atomic E-state index is 0.318. The summed E-state index contributed by atoms with van der Waals surface area (Å²) in [5, 5.41) is 0. The molecular weight excluding hydrogens is 236 g/mol. The molecule has 0 aromatic heterocycles. The van der Waals surface area contributed by atoms with E-state index in [9.17, 15) is 4.79 Å². The van der Waals surface area contributed by atoms with E-state index in [-0.39, 0.29) is 5.97 Å². The predicted molar refractivity (Wildman–Crippen MR) is 76.5 cm³/mol. The molecule has 0 amide bonds. The molecule has 0 fully saturated rings. The third-order valence-corrected chi connectivity index (χ3v) is 3.28. The number of benzene rings is 2. The second kappa shape index (κ2) is 6.19. The van der Waals surface area contributed by atoms with E-state index in [2.05, 4.69) is 13.8 Å². The summed E-state index contributed by atoms with van der Waals surface area (Å²) in [4.78, 5) is 11.9. The Labute approximate surface area is 114 Å². The first-order valence-electron chi connectivity index (χ1n) is 6.58. The van der Waals surface area contributed by atoms with Crippen molar-refractivity contribution in [1.82, 2.24) is 0 Å². The van der Waals surface area contributed by atoms with Crippen LogP contribution in [0.4, 0.5) is 0 Å². The van der Waals surface area contributed by atoms with E-state index >= 15 is 0 Å². The average Bonchev–Trinajstić information content (AvgIpc) is 2.47. The SMILES string of the molecule is CCC(C)c1ccc(C(=O)Oc2ccccc2)cc1. The molecule has 1 unspecified atom stereocenters. The first kappa shape index (κ1) is 13.3. The normalized spacial score (nSPS) is 11.9. The zero-order valence-electron chi connectivity index (χ0n) is 11.3. The van der Waals surface area contributed by atoms with Crippen LogP contribution in [-0.4, -0.2) is 5.97 Å². The lowest BCUT2D eigenvalue weighted by atomic mass is 9.98. The van der Waals surface area contributed by atoms with E-state index in [0.29, 0.717) is 17.2 Å². The zero-order valence-corrected chi connectivity index (χ0v) is 11.3. The van der Waals surface area contributed by atoms with E-state index in [1.54, 1.807) is 12.1 Å². The summed E-state index contributed by atoms with van der Waals surface area (Å²) in [5.74, 6) is 0.764. The molecule has 2 heteroatoms.